The average Bonchev–Trinajstić information content (AvgIpc) is 2.19. The van der Waals surface area contributed by atoms with Crippen LogP contribution < -0.4 is 0 Å². The van der Waals surface area contributed by atoms with Gasteiger partial charge in [0, 0.05) is 0 Å². The van der Waals surface area contributed by atoms with Crippen molar-refractivity contribution in [1.29, 1.82) is 0 Å². The van der Waals surface area contributed by atoms with Crippen molar-refractivity contribution < 1.29 is 9.53 Å². The quantitative estimate of drug-likeness (QED) is 0.490. The van der Waals surface area contributed by atoms with Gasteiger partial charge in [-0.25, -0.2) is 4.79 Å². The van der Waals surface area contributed by atoms with Gasteiger partial charge in [0.1, 0.15) is 0 Å². The van der Waals surface area contributed by atoms with Crippen molar-refractivity contribution in [2.45, 2.75) is 13.0 Å². The Kier molecular flexibility index (Phi) is 2.98. The first-order valence-electron chi connectivity index (χ1n) is 3.68. The van der Waals surface area contributed by atoms with Gasteiger partial charge in [-0.15, -0.1) is 6.42 Å². The fourth-order valence-electron chi connectivity index (χ4n) is 0.674. The third-order valence-electron chi connectivity index (χ3n) is 1.34. The molecule has 4 heteroatoms. The first-order chi connectivity index (χ1) is 6.24. The van der Waals surface area contributed by atoms with Crippen molar-refractivity contribution in [2.75, 3.05) is 0 Å². The van der Waals surface area contributed by atoms with Gasteiger partial charge < -0.3 is 4.74 Å². The third kappa shape index (κ3) is 2.56. The van der Waals surface area contributed by atoms with Crippen molar-refractivity contribution in [3.63, 3.8) is 0 Å². The van der Waals surface area contributed by atoms with Gasteiger partial charge in [0.05, 0.1) is 18.0 Å². The molecule has 4 nitrogen and oxygen atoms in total. The molecule has 66 valence electrons. The molecule has 0 fully saturated rings. The van der Waals surface area contributed by atoms with Gasteiger partial charge in [0.2, 0.25) is 0 Å². The molecule has 1 unspecified atom stereocenters. The summed E-state index contributed by atoms with van der Waals surface area (Å²) in [4.78, 5) is 11.2. The van der Waals surface area contributed by atoms with E-state index in [1.807, 2.05) is 0 Å². The number of terminal acetylenes is 1. The van der Waals surface area contributed by atoms with Crippen LogP contribution in [0.15, 0.2) is 18.5 Å². The summed E-state index contributed by atoms with van der Waals surface area (Å²) in [5.74, 6) is 1.80. The van der Waals surface area contributed by atoms with Crippen LogP contribution in [0.4, 0.5) is 0 Å². The predicted molar refractivity (Wildman–Crippen MR) is 45.7 cm³/mol. The normalized spacial score (nSPS) is 11.4. The Balaban J connectivity index is 2.66. The van der Waals surface area contributed by atoms with E-state index in [0.717, 1.165) is 0 Å². The first kappa shape index (κ1) is 9.20. The molecule has 0 bridgehead atoms. The molecule has 1 aromatic rings. The Morgan fingerprint density at radius 2 is 2.46 bits per heavy atom. The van der Waals surface area contributed by atoms with Gasteiger partial charge in [-0.2, -0.15) is 10.2 Å². The minimum absolute atomic E-state index is 0.345. The summed E-state index contributed by atoms with van der Waals surface area (Å²) in [6.07, 6.45) is 7.25. The van der Waals surface area contributed by atoms with E-state index in [9.17, 15) is 4.79 Å². The highest BCUT2D eigenvalue weighted by Crippen LogP contribution is 2.00. The molecule has 0 aromatic carbocycles. The average molecular weight is 176 g/mol. The van der Waals surface area contributed by atoms with E-state index < -0.39 is 12.1 Å². The smallest absolute Gasteiger partial charge is 0.341 e. The number of carbonyl (C=O) groups excluding carboxylic acids is 1. The van der Waals surface area contributed by atoms with Crippen LogP contribution in [0.1, 0.15) is 17.3 Å². The number of hydrogen-bond acceptors (Lipinski definition) is 4. The van der Waals surface area contributed by atoms with Crippen molar-refractivity contribution in [2.24, 2.45) is 0 Å². The van der Waals surface area contributed by atoms with Crippen LogP contribution in [0.2, 0.25) is 0 Å². The topological polar surface area (TPSA) is 52.1 Å². The van der Waals surface area contributed by atoms with Crippen LogP contribution in [0, 0.1) is 12.3 Å². The number of esters is 1. The summed E-state index contributed by atoms with van der Waals surface area (Å²) >= 11 is 0. The lowest BCUT2D eigenvalue weighted by molar-refractivity contribution is 0.0438. The van der Waals surface area contributed by atoms with Gasteiger partial charge in [-0.1, -0.05) is 5.92 Å². The molecule has 1 aromatic heterocycles. The Morgan fingerprint density at radius 3 is 3.00 bits per heavy atom. The molecule has 0 saturated heterocycles. The van der Waals surface area contributed by atoms with E-state index in [-0.39, 0.29) is 0 Å². The summed E-state index contributed by atoms with van der Waals surface area (Å²) in [6.45, 7) is 1.62. The lowest BCUT2D eigenvalue weighted by Gasteiger charge is -2.05. The molecule has 0 radical (unpaired) electrons. The number of ether oxygens (including phenoxy) is 1. The van der Waals surface area contributed by atoms with Crippen molar-refractivity contribution in [3.8, 4) is 12.3 Å². The van der Waals surface area contributed by atoms with Gasteiger partial charge in [0.25, 0.3) is 0 Å². The maximum Gasteiger partial charge on any atom is 0.341 e. The zero-order valence-corrected chi connectivity index (χ0v) is 7.10. The number of rotatable bonds is 2. The molecular weight excluding hydrogens is 168 g/mol. The fraction of sp³-hybridized carbons (Fsp3) is 0.222. The second kappa shape index (κ2) is 4.21. The zero-order chi connectivity index (χ0) is 9.68. The highest BCUT2D eigenvalue weighted by molar-refractivity contribution is 5.89. The van der Waals surface area contributed by atoms with E-state index in [4.69, 9.17) is 11.2 Å². The summed E-state index contributed by atoms with van der Waals surface area (Å²) < 4.78 is 4.84. The zero-order valence-electron chi connectivity index (χ0n) is 7.10. The molecule has 0 aliphatic rings. The molecule has 1 rings (SSSR count). The van der Waals surface area contributed by atoms with Gasteiger partial charge in [-0.05, 0) is 13.0 Å². The van der Waals surface area contributed by atoms with Crippen LogP contribution in [-0.4, -0.2) is 22.3 Å². The lowest BCUT2D eigenvalue weighted by Crippen LogP contribution is -2.13. The van der Waals surface area contributed by atoms with Gasteiger partial charge in [0.15, 0.2) is 6.10 Å². The van der Waals surface area contributed by atoms with Crippen LogP contribution in [0.3, 0.4) is 0 Å². The highest BCUT2D eigenvalue weighted by Gasteiger charge is 2.09. The van der Waals surface area contributed by atoms with Crippen molar-refractivity contribution in [1.82, 2.24) is 10.2 Å². The molecule has 0 amide bonds. The van der Waals surface area contributed by atoms with Crippen LogP contribution in [-0.2, 0) is 4.74 Å². The number of carbonyl (C=O) groups is 1. The second-order valence-electron chi connectivity index (χ2n) is 2.35. The largest absolute Gasteiger partial charge is 0.446 e. The number of aromatic nitrogens is 2. The van der Waals surface area contributed by atoms with Crippen LogP contribution >= 0.6 is 0 Å². The summed E-state index contributed by atoms with van der Waals surface area (Å²) in [6, 6.07) is 1.51. The molecule has 13 heavy (non-hydrogen) atoms. The van der Waals surface area contributed by atoms with Gasteiger partial charge in [-0.3, -0.25) is 0 Å². The monoisotopic (exact) mass is 176 g/mol. The molecule has 1 heterocycles. The molecule has 0 aliphatic carbocycles. The summed E-state index contributed by atoms with van der Waals surface area (Å²) in [5, 5.41) is 7.07. The Morgan fingerprint density at radius 1 is 1.69 bits per heavy atom. The SMILES string of the molecule is C#CC(C)OC(=O)c1ccnnc1. The second-order valence-corrected chi connectivity index (χ2v) is 2.35. The number of nitrogens with zero attached hydrogens (tertiary/aromatic N) is 2. The Bertz CT molecular complexity index is 329. The molecule has 0 aliphatic heterocycles. The van der Waals surface area contributed by atoms with Gasteiger partial charge >= 0.3 is 5.97 Å². The minimum Gasteiger partial charge on any atom is -0.446 e. The predicted octanol–water partition coefficient (Wildman–Crippen LogP) is 0.655. The maximum absolute atomic E-state index is 11.2. The van der Waals surface area contributed by atoms with Crippen molar-refractivity contribution in [3.05, 3.63) is 24.0 Å². The van der Waals surface area contributed by atoms with E-state index in [1.165, 1.54) is 18.5 Å². The molecule has 1 atom stereocenters. The molecule has 0 saturated carbocycles. The molecule has 0 spiro atoms. The Labute approximate surface area is 75.9 Å². The number of hydrogen-bond donors (Lipinski definition) is 0. The minimum atomic E-state index is -0.527. The van der Waals surface area contributed by atoms with Crippen LogP contribution in [0.5, 0.6) is 0 Å². The maximum atomic E-state index is 11.2. The highest BCUT2D eigenvalue weighted by atomic mass is 16.5. The summed E-state index contributed by atoms with van der Waals surface area (Å²) in [7, 11) is 0. The van der Waals surface area contributed by atoms with E-state index in [0.29, 0.717) is 5.56 Å². The van der Waals surface area contributed by atoms with Crippen LogP contribution in [0.25, 0.3) is 0 Å². The summed E-state index contributed by atoms with van der Waals surface area (Å²) in [5.41, 5.74) is 0.345. The van der Waals surface area contributed by atoms with E-state index in [1.54, 1.807) is 6.92 Å². The fourth-order valence-corrected chi connectivity index (χ4v) is 0.674. The van der Waals surface area contributed by atoms with Crippen molar-refractivity contribution >= 4 is 5.97 Å². The van der Waals surface area contributed by atoms with E-state index in [2.05, 4.69) is 16.1 Å². The first-order valence-corrected chi connectivity index (χ1v) is 3.68. The van der Waals surface area contributed by atoms with E-state index >= 15 is 0 Å². The third-order valence-corrected chi connectivity index (χ3v) is 1.34. The lowest BCUT2D eigenvalue weighted by atomic mass is 10.3. The standard InChI is InChI=1S/C9H8N2O2/c1-3-7(2)13-9(12)8-4-5-10-11-6-8/h1,4-7H,2H3. The Hall–Kier alpha value is -1.89. The molecule has 0 N–H and O–H groups in total. The molecular formula is C9H8N2O2.